The molecule has 0 unspecified atom stereocenters. The molecule has 146 valence electrons. The van der Waals surface area contributed by atoms with Crippen molar-refractivity contribution in [2.45, 2.75) is 19.8 Å². The lowest BCUT2D eigenvalue weighted by molar-refractivity contribution is -0.139. The van der Waals surface area contributed by atoms with Crippen LogP contribution >= 0.6 is 11.6 Å². The first-order valence-corrected chi connectivity index (χ1v) is 8.93. The van der Waals surface area contributed by atoms with E-state index in [4.69, 9.17) is 26.8 Å². The van der Waals surface area contributed by atoms with Gasteiger partial charge in [0.2, 0.25) is 0 Å². The van der Waals surface area contributed by atoms with Gasteiger partial charge in [0, 0.05) is 17.3 Å². The number of dihydropyridines is 1. The third-order valence-electron chi connectivity index (χ3n) is 4.10. The van der Waals surface area contributed by atoms with E-state index < -0.39 is 17.9 Å². The molecular formula is C19H23ClN2O5. The number of carboxylic acids is 1. The Kier molecular flexibility index (Phi) is 7.41. The van der Waals surface area contributed by atoms with Crippen molar-refractivity contribution in [3.8, 4) is 0 Å². The van der Waals surface area contributed by atoms with Crippen molar-refractivity contribution in [3.05, 3.63) is 57.4 Å². The molecule has 0 spiro atoms. The first kappa shape index (κ1) is 21.0. The van der Waals surface area contributed by atoms with E-state index in [0.717, 1.165) is 0 Å². The number of carbonyl (C=O) groups is 2. The summed E-state index contributed by atoms with van der Waals surface area (Å²) in [6, 6.07) is 6.83. The van der Waals surface area contributed by atoms with E-state index in [1.54, 1.807) is 38.1 Å². The summed E-state index contributed by atoms with van der Waals surface area (Å²) in [5.74, 6) is -2.64. The van der Waals surface area contributed by atoms with Crippen LogP contribution in [0.5, 0.6) is 0 Å². The standard InChI is InChI=1S/C19H23ClN2O5/c1-3-27-19(25)17-14(10-26-9-8-21)22-11(2)15(18(23)24)16(17)12-6-4-5-7-13(12)20/h4-7,16,22H,3,8-10,21H2,1-2H3,(H,23,24)/t16-/m1/s1. The molecule has 0 fully saturated rings. The molecule has 0 saturated carbocycles. The van der Waals surface area contributed by atoms with Gasteiger partial charge in [-0.25, -0.2) is 9.59 Å². The summed E-state index contributed by atoms with van der Waals surface area (Å²) in [7, 11) is 0. The van der Waals surface area contributed by atoms with Gasteiger partial charge >= 0.3 is 11.9 Å². The van der Waals surface area contributed by atoms with Crippen molar-refractivity contribution in [3.63, 3.8) is 0 Å². The molecule has 1 heterocycles. The number of allylic oxidation sites excluding steroid dienone is 1. The molecule has 0 saturated heterocycles. The summed E-state index contributed by atoms with van der Waals surface area (Å²) in [6.45, 7) is 4.16. The second kappa shape index (κ2) is 9.55. The number of carbonyl (C=O) groups excluding carboxylic acids is 1. The third-order valence-corrected chi connectivity index (χ3v) is 4.44. The van der Waals surface area contributed by atoms with Crippen LogP contribution in [0.3, 0.4) is 0 Å². The maximum atomic E-state index is 12.8. The molecular weight excluding hydrogens is 372 g/mol. The minimum Gasteiger partial charge on any atom is -0.478 e. The minimum absolute atomic E-state index is 0.0359. The molecule has 7 nitrogen and oxygen atoms in total. The van der Waals surface area contributed by atoms with E-state index in [1.807, 2.05) is 0 Å². The topological polar surface area (TPSA) is 111 Å². The van der Waals surface area contributed by atoms with Gasteiger partial charge in [-0.3, -0.25) is 0 Å². The fourth-order valence-electron chi connectivity index (χ4n) is 3.02. The Hall–Kier alpha value is -2.35. The third kappa shape index (κ3) is 4.68. The van der Waals surface area contributed by atoms with Crippen LogP contribution in [0.4, 0.5) is 0 Å². The Morgan fingerprint density at radius 2 is 2.00 bits per heavy atom. The molecule has 8 heteroatoms. The highest BCUT2D eigenvalue weighted by Gasteiger charge is 2.39. The van der Waals surface area contributed by atoms with Crippen LogP contribution in [-0.4, -0.2) is 43.4 Å². The molecule has 0 aromatic heterocycles. The quantitative estimate of drug-likeness (QED) is 0.457. The number of nitrogens with two attached hydrogens (primary N) is 1. The average molecular weight is 395 g/mol. The van der Waals surface area contributed by atoms with Crippen LogP contribution in [0.25, 0.3) is 0 Å². The largest absolute Gasteiger partial charge is 0.478 e. The number of aliphatic carboxylic acids is 1. The Labute approximate surface area is 162 Å². The minimum atomic E-state index is -1.14. The summed E-state index contributed by atoms with van der Waals surface area (Å²) in [4.78, 5) is 24.7. The van der Waals surface area contributed by atoms with Crippen molar-refractivity contribution in [1.29, 1.82) is 0 Å². The Bertz CT molecular complexity index is 788. The highest BCUT2D eigenvalue weighted by atomic mass is 35.5. The monoisotopic (exact) mass is 394 g/mol. The van der Waals surface area contributed by atoms with Crippen molar-refractivity contribution in [2.75, 3.05) is 26.4 Å². The molecule has 1 aromatic carbocycles. The van der Waals surface area contributed by atoms with Gasteiger partial charge in [-0.15, -0.1) is 0 Å². The summed E-state index contributed by atoms with van der Waals surface area (Å²) >= 11 is 6.34. The number of esters is 1. The summed E-state index contributed by atoms with van der Waals surface area (Å²) < 4.78 is 10.7. The van der Waals surface area contributed by atoms with Crippen molar-refractivity contribution in [1.82, 2.24) is 5.32 Å². The van der Waals surface area contributed by atoms with Gasteiger partial charge in [-0.1, -0.05) is 29.8 Å². The van der Waals surface area contributed by atoms with Crippen LogP contribution in [0.15, 0.2) is 46.8 Å². The molecule has 0 bridgehead atoms. The van der Waals surface area contributed by atoms with Gasteiger partial charge < -0.3 is 25.6 Å². The first-order chi connectivity index (χ1) is 12.9. The van der Waals surface area contributed by atoms with Crippen molar-refractivity contribution in [2.24, 2.45) is 5.73 Å². The van der Waals surface area contributed by atoms with E-state index in [1.165, 1.54) is 0 Å². The fourth-order valence-corrected chi connectivity index (χ4v) is 3.27. The molecule has 1 atom stereocenters. The second-order valence-electron chi connectivity index (χ2n) is 5.88. The van der Waals surface area contributed by atoms with Gasteiger partial charge in [0.15, 0.2) is 0 Å². The van der Waals surface area contributed by atoms with E-state index in [-0.39, 0.29) is 24.4 Å². The Morgan fingerprint density at radius 3 is 2.59 bits per heavy atom. The lowest BCUT2D eigenvalue weighted by Gasteiger charge is -2.31. The molecule has 0 amide bonds. The lowest BCUT2D eigenvalue weighted by atomic mass is 9.80. The number of carboxylic acid groups (broad SMARTS) is 1. The van der Waals surface area contributed by atoms with Crippen LogP contribution in [0.2, 0.25) is 5.02 Å². The number of nitrogens with one attached hydrogen (secondary N) is 1. The lowest BCUT2D eigenvalue weighted by Crippen LogP contribution is -2.34. The highest BCUT2D eigenvalue weighted by Crippen LogP contribution is 2.41. The predicted molar refractivity (Wildman–Crippen MR) is 101 cm³/mol. The van der Waals surface area contributed by atoms with Crippen molar-refractivity contribution < 1.29 is 24.2 Å². The molecule has 1 aromatic rings. The Morgan fingerprint density at radius 1 is 1.30 bits per heavy atom. The number of hydrogen-bond donors (Lipinski definition) is 3. The predicted octanol–water partition coefficient (Wildman–Crippen LogP) is 2.18. The molecule has 1 aliphatic heterocycles. The number of ether oxygens (including phenoxy) is 2. The van der Waals surface area contributed by atoms with Gasteiger partial charge in [0.05, 0.1) is 42.6 Å². The van der Waals surface area contributed by atoms with Crippen LogP contribution in [-0.2, 0) is 19.1 Å². The molecule has 2 rings (SSSR count). The molecule has 4 N–H and O–H groups in total. The molecule has 27 heavy (non-hydrogen) atoms. The smallest absolute Gasteiger partial charge is 0.336 e. The highest BCUT2D eigenvalue weighted by molar-refractivity contribution is 6.31. The van der Waals surface area contributed by atoms with E-state index in [0.29, 0.717) is 35.1 Å². The first-order valence-electron chi connectivity index (χ1n) is 8.55. The average Bonchev–Trinajstić information content (AvgIpc) is 2.61. The molecule has 0 radical (unpaired) electrons. The SMILES string of the molecule is CCOC(=O)C1=C(COCCN)NC(C)=C(C(=O)O)[C@H]1c1ccccc1Cl. The van der Waals surface area contributed by atoms with E-state index in [9.17, 15) is 14.7 Å². The van der Waals surface area contributed by atoms with Gasteiger partial charge in [-0.2, -0.15) is 0 Å². The number of rotatable bonds is 8. The van der Waals surface area contributed by atoms with Crippen LogP contribution in [0.1, 0.15) is 25.3 Å². The molecule has 1 aliphatic rings. The summed E-state index contributed by atoms with van der Waals surface area (Å²) in [6.07, 6.45) is 0. The maximum Gasteiger partial charge on any atom is 0.336 e. The number of benzene rings is 1. The second-order valence-corrected chi connectivity index (χ2v) is 6.28. The van der Waals surface area contributed by atoms with Crippen LogP contribution in [0, 0.1) is 0 Å². The number of halogens is 1. The van der Waals surface area contributed by atoms with Crippen molar-refractivity contribution >= 4 is 23.5 Å². The van der Waals surface area contributed by atoms with Gasteiger partial charge in [0.25, 0.3) is 0 Å². The number of hydrogen-bond acceptors (Lipinski definition) is 6. The summed E-state index contributed by atoms with van der Waals surface area (Å²) in [5.41, 5.74) is 7.02. The van der Waals surface area contributed by atoms with Crippen LogP contribution < -0.4 is 11.1 Å². The summed E-state index contributed by atoms with van der Waals surface area (Å²) in [5, 5.41) is 13.1. The van der Waals surface area contributed by atoms with Gasteiger partial charge in [0.1, 0.15) is 0 Å². The van der Waals surface area contributed by atoms with Gasteiger partial charge in [-0.05, 0) is 25.5 Å². The molecule has 0 aliphatic carbocycles. The zero-order chi connectivity index (χ0) is 20.0. The van der Waals surface area contributed by atoms with E-state index >= 15 is 0 Å². The Balaban J connectivity index is 2.65. The van der Waals surface area contributed by atoms with E-state index in [2.05, 4.69) is 5.32 Å². The normalized spacial score (nSPS) is 17.0. The zero-order valence-corrected chi connectivity index (χ0v) is 16.0. The zero-order valence-electron chi connectivity index (χ0n) is 15.3. The maximum absolute atomic E-state index is 12.8. The fraction of sp³-hybridized carbons (Fsp3) is 0.368.